The summed E-state index contributed by atoms with van der Waals surface area (Å²) >= 11 is 12.6. The monoisotopic (exact) mass is 649 g/mol. The predicted molar refractivity (Wildman–Crippen MR) is 179 cm³/mol. The number of halogens is 2. The summed E-state index contributed by atoms with van der Waals surface area (Å²) in [5.41, 5.74) is 5.51. The molecule has 3 aromatic carbocycles. The Morgan fingerprint density at radius 3 is 2.60 bits per heavy atom. The lowest BCUT2D eigenvalue weighted by atomic mass is 9.88. The number of aryl methyl sites for hydroxylation is 1. The summed E-state index contributed by atoms with van der Waals surface area (Å²) < 4.78 is 11.3. The van der Waals surface area contributed by atoms with Crippen LogP contribution in [0.4, 0.5) is 15.3 Å². The quantitative estimate of drug-likeness (QED) is 0.166. The first-order valence-corrected chi connectivity index (χ1v) is 15.8. The number of urea groups is 1. The molecule has 2 heterocycles. The van der Waals surface area contributed by atoms with Gasteiger partial charge in [0.1, 0.15) is 0 Å². The summed E-state index contributed by atoms with van der Waals surface area (Å²) in [5, 5.41) is 10.6. The van der Waals surface area contributed by atoms with Gasteiger partial charge in [0.15, 0.2) is 11.5 Å². The van der Waals surface area contributed by atoms with E-state index < -0.39 is 6.09 Å². The highest BCUT2D eigenvalue weighted by molar-refractivity contribution is 6.42. The lowest BCUT2D eigenvalue weighted by Gasteiger charge is -2.38. The molecular weight excluding hydrogens is 613 g/mol. The minimum Gasteiger partial charge on any atom is -0.493 e. The van der Waals surface area contributed by atoms with Crippen molar-refractivity contribution < 1.29 is 19.1 Å². The molecule has 0 saturated heterocycles. The number of nitrogens with one attached hydrogen (secondary N) is 3. The molecule has 45 heavy (non-hydrogen) atoms. The third-order valence-corrected chi connectivity index (χ3v) is 8.54. The second-order valence-electron chi connectivity index (χ2n) is 11.0. The summed E-state index contributed by atoms with van der Waals surface area (Å²) in [6, 6.07) is 18.7. The molecular formula is C34H37Cl2N5O4. The number of carbonyl (C=O) groups excluding carboxylic acids is 2. The number of benzene rings is 3. The van der Waals surface area contributed by atoms with Crippen molar-refractivity contribution in [2.24, 2.45) is 0 Å². The van der Waals surface area contributed by atoms with Crippen molar-refractivity contribution >= 4 is 51.9 Å². The topological polar surface area (TPSA) is 105 Å². The first kappa shape index (κ1) is 32.3. The van der Waals surface area contributed by atoms with Crippen LogP contribution in [0.25, 0.3) is 10.9 Å². The van der Waals surface area contributed by atoms with Crippen molar-refractivity contribution in [3.05, 3.63) is 93.1 Å². The maximum absolute atomic E-state index is 13.0. The standard InChI is InChI=1S/C34H37Cl2N5O4/c1-4-12-38-34(43)45-32-20-25-23(19-31(32)44-3)11-14-41(30(25)18-22-9-10-26(35)27(36)17-22)15-13-37-33(42)40-29-16-21(2)39-28-8-6-5-7-24(28)29/h5-10,16-17,19-20,30H,4,11-15,18H2,1-3H3,(H,38,43)(H2,37,39,40,42). The molecule has 1 aromatic heterocycles. The average Bonchev–Trinajstić information content (AvgIpc) is 3.02. The van der Waals surface area contributed by atoms with E-state index in [0.717, 1.165) is 52.7 Å². The Balaban J connectivity index is 1.35. The Kier molecular flexibility index (Phi) is 10.7. The van der Waals surface area contributed by atoms with Crippen LogP contribution in [0.1, 0.15) is 41.8 Å². The van der Waals surface area contributed by atoms with Gasteiger partial charge < -0.3 is 25.4 Å². The molecule has 9 nitrogen and oxygen atoms in total. The molecule has 1 unspecified atom stereocenters. The van der Waals surface area contributed by atoms with Crippen LogP contribution in [0, 0.1) is 6.92 Å². The number of hydrogen-bond acceptors (Lipinski definition) is 6. The second-order valence-corrected chi connectivity index (χ2v) is 11.8. The van der Waals surface area contributed by atoms with Crippen LogP contribution in [0.2, 0.25) is 10.0 Å². The Bertz CT molecular complexity index is 1700. The molecule has 0 saturated carbocycles. The molecule has 0 spiro atoms. The van der Waals surface area contributed by atoms with Gasteiger partial charge in [0.2, 0.25) is 0 Å². The molecule has 5 rings (SSSR count). The molecule has 0 fully saturated rings. The molecule has 236 valence electrons. The van der Waals surface area contributed by atoms with E-state index >= 15 is 0 Å². The Morgan fingerprint density at radius 2 is 1.82 bits per heavy atom. The maximum Gasteiger partial charge on any atom is 0.412 e. The molecule has 11 heteroatoms. The van der Waals surface area contributed by atoms with Crippen LogP contribution in [-0.2, 0) is 12.8 Å². The number of pyridine rings is 1. The van der Waals surface area contributed by atoms with Crippen LogP contribution in [0.15, 0.2) is 60.7 Å². The Hall–Kier alpha value is -4.05. The summed E-state index contributed by atoms with van der Waals surface area (Å²) in [6.07, 6.45) is 1.66. The number of fused-ring (bicyclic) bond motifs is 2. The smallest absolute Gasteiger partial charge is 0.412 e. The Morgan fingerprint density at radius 1 is 1.00 bits per heavy atom. The third-order valence-electron chi connectivity index (χ3n) is 7.81. The first-order valence-electron chi connectivity index (χ1n) is 15.0. The number of amides is 3. The SMILES string of the molecule is CCCNC(=O)Oc1cc2c(cc1OC)CCN(CCNC(=O)Nc1cc(C)nc3ccccc13)C2Cc1ccc(Cl)c(Cl)c1. The van der Waals surface area contributed by atoms with Gasteiger partial charge in [-0.2, -0.15) is 0 Å². The number of carbonyl (C=O) groups is 2. The lowest BCUT2D eigenvalue weighted by molar-refractivity contribution is 0.182. The molecule has 4 aromatic rings. The fourth-order valence-corrected chi connectivity index (χ4v) is 5.97. The second kappa shape index (κ2) is 14.8. The average molecular weight is 651 g/mol. The first-order chi connectivity index (χ1) is 21.7. The van der Waals surface area contributed by atoms with Gasteiger partial charge in [-0.05, 0) is 79.3 Å². The van der Waals surface area contributed by atoms with Crippen molar-refractivity contribution in [2.45, 2.75) is 39.2 Å². The largest absolute Gasteiger partial charge is 0.493 e. The Labute approximate surface area is 273 Å². The highest BCUT2D eigenvalue weighted by Crippen LogP contribution is 2.40. The fourth-order valence-electron chi connectivity index (χ4n) is 5.65. The van der Waals surface area contributed by atoms with Crippen LogP contribution in [0.5, 0.6) is 11.5 Å². The van der Waals surface area contributed by atoms with Crippen molar-refractivity contribution in [3.8, 4) is 11.5 Å². The van der Waals surface area contributed by atoms with Crippen molar-refractivity contribution in [2.75, 3.05) is 38.6 Å². The van der Waals surface area contributed by atoms with E-state index in [9.17, 15) is 9.59 Å². The van der Waals surface area contributed by atoms with Gasteiger partial charge in [-0.15, -0.1) is 0 Å². The number of rotatable bonds is 10. The highest BCUT2D eigenvalue weighted by Gasteiger charge is 2.30. The van der Waals surface area contributed by atoms with E-state index in [2.05, 4.69) is 25.8 Å². The summed E-state index contributed by atoms with van der Waals surface area (Å²) in [5.74, 6) is 0.850. The molecule has 1 aliphatic heterocycles. The fraction of sp³-hybridized carbons (Fsp3) is 0.324. The predicted octanol–water partition coefficient (Wildman–Crippen LogP) is 7.32. The van der Waals surface area contributed by atoms with Crippen LogP contribution < -0.4 is 25.4 Å². The number of ether oxygens (including phenoxy) is 2. The summed E-state index contributed by atoms with van der Waals surface area (Å²) in [4.78, 5) is 32.3. The molecule has 0 bridgehead atoms. The van der Waals surface area contributed by atoms with Gasteiger partial charge in [-0.3, -0.25) is 9.88 Å². The zero-order valence-electron chi connectivity index (χ0n) is 25.6. The summed E-state index contributed by atoms with van der Waals surface area (Å²) in [6.45, 7) is 6.16. The number of anilines is 1. The number of methoxy groups -OCH3 is 1. The molecule has 0 radical (unpaired) electrons. The summed E-state index contributed by atoms with van der Waals surface area (Å²) in [7, 11) is 1.56. The van der Waals surface area contributed by atoms with Crippen LogP contribution in [-0.4, -0.2) is 55.3 Å². The number of para-hydroxylation sites is 1. The van der Waals surface area contributed by atoms with Gasteiger partial charge in [0.25, 0.3) is 0 Å². The van der Waals surface area contributed by atoms with E-state index in [1.807, 2.05) is 68.4 Å². The van der Waals surface area contributed by atoms with Gasteiger partial charge in [0.05, 0.1) is 28.4 Å². The normalized spacial score (nSPS) is 14.5. The van der Waals surface area contributed by atoms with Gasteiger partial charge in [-0.1, -0.05) is 54.4 Å². The van der Waals surface area contributed by atoms with Crippen LogP contribution in [0.3, 0.4) is 0 Å². The molecule has 3 amide bonds. The molecule has 3 N–H and O–H groups in total. The molecule has 0 aliphatic carbocycles. The molecule has 1 atom stereocenters. The van der Waals surface area contributed by atoms with E-state index in [-0.39, 0.29) is 12.1 Å². The maximum atomic E-state index is 13.0. The highest BCUT2D eigenvalue weighted by atomic mass is 35.5. The van der Waals surface area contributed by atoms with Crippen LogP contribution >= 0.6 is 23.2 Å². The minimum atomic E-state index is -0.531. The van der Waals surface area contributed by atoms with Crippen molar-refractivity contribution in [1.29, 1.82) is 0 Å². The van der Waals surface area contributed by atoms with E-state index in [4.69, 9.17) is 32.7 Å². The van der Waals surface area contributed by atoms with E-state index in [1.165, 1.54) is 0 Å². The minimum absolute atomic E-state index is 0.0883. The molecule has 1 aliphatic rings. The zero-order chi connectivity index (χ0) is 31.9. The van der Waals surface area contributed by atoms with Crippen molar-refractivity contribution in [3.63, 3.8) is 0 Å². The zero-order valence-corrected chi connectivity index (χ0v) is 27.1. The van der Waals surface area contributed by atoms with E-state index in [0.29, 0.717) is 53.3 Å². The third kappa shape index (κ3) is 7.97. The van der Waals surface area contributed by atoms with Gasteiger partial charge >= 0.3 is 12.1 Å². The van der Waals surface area contributed by atoms with E-state index in [1.54, 1.807) is 13.2 Å². The lowest BCUT2D eigenvalue weighted by Crippen LogP contribution is -2.42. The number of nitrogens with zero attached hydrogens (tertiary/aromatic N) is 2. The number of hydrogen-bond donors (Lipinski definition) is 3. The number of aromatic nitrogens is 1. The van der Waals surface area contributed by atoms with Gasteiger partial charge in [-0.25, -0.2) is 9.59 Å². The van der Waals surface area contributed by atoms with Crippen molar-refractivity contribution in [1.82, 2.24) is 20.5 Å². The van der Waals surface area contributed by atoms with Gasteiger partial charge in [0, 0.05) is 43.3 Å².